The van der Waals surface area contributed by atoms with Gasteiger partial charge < -0.3 is 9.84 Å². The first-order chi connectivity index (χ1) is 9.06. The molecule has 0 aliphatic heterocycles. The lowest BCUT2D eigenvalue weighted by Gasteiger charge is -2.05. The normalized spacial score (nSPS) is 10.9. The van der Waals surface area contributed by atoms with Gasteiger partial charge in [-0.05, 0) is 13.0 Å². The number of nitrogens with one attached hydrogen (secondary N) is 1. The van der Waals surface area contributed by atoms with Gasteiger partial charge in [0.05, 0.1) is 0 Å². The summed E-state index contributed by atoms with van der Waals surface area (Å²) in [7, 11) is 0. The summed E-state index contributed by atoms with van der Waals surface area (Å²) in [5.41, 5.74) is 0.0700. The van der Waals surface area contributed by atoms with Gasteiger partial charge in [0.1, 0.15) is 5.82 Å². The van der Waals surface area contributed by atoms with E-state index in [2.05, 4.69) is 15.5 Å². The number of nitrogens with zero attached hydrogens (tertiary/aromatic N) is 2. The zero-order valence-corrected chi connectivity index (χ0v) is 10.2. The van der Waals surface area contributed by atoms with E-state index >= 15 is 0 Å². The predicted molar refractivity (Wildman–Crippen MR) is 60.8 cm³/mol. The Morgan fingerprint density at radius 3 is 2.58 bits per heavy atom. The van der Waals surface area contributed by atoms with Crippen molar-refractivity contribution >= 4 is 0 Å². The minimum atomic E-state index is -1.19. The average molecular weight is 271 g/mol. The van der Waals surface area contributed by atoms with Crippen molar-refractivity contribution in [3.8, 4) is 0 Å². The zero-order valence-electron chi connectivity index (χ0n) is 10.2. The summed E-state index contributed by atoms with van der Waals surface area (Å²) in [5.74, 6) is -2.02. The van der Waals surface area contributed by atoms with Gasteiger partial charge in [0.15, 0.2) is 17.5 Å². The summed E-state index contributed by atoms with van der Waals surface area (Å²) in [5, 5.41) is 6.51. The van der Waals surface area contributed by atoms with Gasteiger partial charge in [0, 0.05) is 31.1 Å². The molecule has 1 aromatic heterocycles. The number of aryl methyl sites for hydroxylation is 1. The molecule has 0 aliphatic carbocycles. The topological polar surface area (TPSA) is 51.0 Å². The molecule has 0 spiro atoms. The molecular weight excluding hydrogens is 259 g/mol. The van der Waals surface area contributed by atoms with Crippen LogP contribution in [0.2, 0.25) is 0 Å². The highest BCUT2D eigenvalue weighted by atomic mass is 19.2. The van der Waals surface area contributed by atoms with Crippen molar-refractivity contribution in [2.24, 2.45) is 0 Å². The summed E-state index contributed by atoms with van der Waals surface area (Å²) in [6, 6.07) is 1.38. The van der Waals surface area contributed by atoms with E-state index in [1.165, 1.54) is 0 Å². The molecule has 0 aliphatic rings. The Labute approximate surface area is 107 Å². The molecule has 1 aromatic carbocycles. The van der Waals surface area contributed by atoms with Crippen LogP contribution in [0.25, 0.3) is 0 Å². The number of aromatic nitrogens is 2. The maximum Gasteiger partial charge on any atom is 0.227 e. The Kier molecular flexibility index (Phi) is 4.16. The van der Waals surface area contributed by atoms with Crippen LogP contribution in [-0.2, 0) is 13.0 Å². The lowest BCUT2D eigenvalue weighted by atomic mass is 10.2. The number of hydrogen-bond donors (Lipinski definition) is 1. The fourth-order valence-corrected chi connectivity index (χ4v) is 1.56. The fraction of sp³-hybridized carbons (Fsp3) is 0.333. The van der Waals surface area contributed by atoms with Gasteiger partial charge in [0.25, 0.3) is 0 Å². The summed E-state index contributed by atoms with van der Waals surface area (Å²) >= 11 is 0. The van der Waals surface area contributed by atoms with Crippen molar-refractivity contribution in [1.29, 1.82) is 0 Å². The molecule has 2 aromatic rings. The lowest BCUT2D eigenvalue weighted by Crippen LogP contribution is -2.18. The Hall–Kier alpha value is -1.89. The first-order valence-corrected chi connectivity index (χ1v) is 5.69. The molecule has 1 N–H and O–H groups in total. The van der Waals surface area contributed by atoms with Gasteiger partial charge >= 0.3 is 0 Å². The summed E-state index contributed by atoms with van der Waals surface area (Å²) < 4.78 is 43.8. The van der Waals surface area contributed by atoms with Gasteiger partial charge in [-0.1, -0.05) is 5.16 Å². The first-order valence-electron chi connectivity index (χ1n) is 5.69. The van der Waals surface area contributed by atoms with E-state index < -0.39 is 17.5 Å². The van der Waals surface area contributed by atoms with Crippen molar-refractivity contribution in [1.82, 2.24) is 15.5 Å². The third kappa shape index (κ3) is 3.54. The molecule has 0 bridgehead atoms. The predicted octanol–water partition coefficient (Wildman–Crippen LogP) is 2.13. The Morgan fingerprint density at radius 1 is 1.16 bits per heavy atom. The minimum Gasteiger partial charge on any atom is -0.339 e. The molecule has 1 heterocycles. The molecule has 102 valence electrons. The maximum absolute atomic E-state index is 13.3. The molecule has 19 heavy (non-hydrogen) atoms. The van der Waals surface area contributed by atoms with Crippen molar-refractivity contribution in [2.45, 2.75) is 19.9 Å². The second kappa shape index (κ2) is 5.83. The molecule has 0 unspecified atom stereocenters. The van der Waals surface area contributed by atoms with E-state index in [-0.39, 0.29) is 12.1 Å². The van der Waals surface area contributed by atoms with E-state index in [9.17, 15) is 13.2 Å². The van der Waals surface area contributed by atoms with Gasteiger partial charge in [-0.2, -0.15) is 4.98 Å². The van der Waals surface area contributed by atoms with Crippen LogP contribution >= 0.6 is 0 Å². The highest BCUT2D eigenvalue weighted by Gasteiger charge is 2.09. The van der Waals surface area contributed by atoms with Crippen molar-refractivity contribution in [3.05, 3.63) is 46.9 Å². The van der Waals surface area contributed by atoms with Gasteiger partial charge in [-0.15, -0.1) is 0 Å². The van der Waals surface area contributed by atoms with Crippen LogP contribution in [-0.4, -0.2) is 16.7 Å². The molecule has 0 radical (unpaired) electrons. The van der Waals surface area contributed by atoms with Crippen LogP contribution in [0, 0.1) is 24.4 Å². The van der Waals surface area contributed by atoms with Crippen molar-refractivity contribution < 1.29 is 17.7 Å². The largest absolute Gasteiger partial charge is 0.339 e. The highest BCUT2D eigenvalue weighted by molar-refractivity contribution is 5.19. The summed E-state index contributed by atoms with van der Waals surface area (Å²) in [6.07, 6.45) is 0.478. The van der Waals surface area contributed by atoms with Crippen LogP contribution in [0.5, 0.6) is 0 Å². The van der Waals surface area contributed by atoms with E-state index in [0.717, 1.165) is 6.07 Å². The molecule has 0 atom stereocenters. The van der Waals surface area contributed by atoms with Crippen LogP contribution in [0.1, 0.15) is 17.3 Å². The second-order valence-corrected chi connectivity index (χ2v) is 4.02. The van der Waals surface area contributed by atoms with Crippen LogP contribution in [0.4, 0.5) is 13.2 Å². The van der Waals surface area contributed by atoms with Crippen LogP contribution < -0.4 is 5.32 Å². The van der Waals surface area contributed by atoms with Gasteiger partial charge in [0.2, 0.25) is 5.89 Å². The third-order valence-electron chi connectivity index (χ3n) is 2.49. The van der Waals surface area contributed by atoms with E-state index in [1.54, 1.807) is 6.92 Å². The minimum absolute atomic E-state index is 0.0700. The molecule has 0 amide bonds. The van der Waals surface area contributed by atoms with Crippen LogP contribution in [0.15, 0.2) is 16.7 Å². The van der Waals surface area contributed by atoms with Gasteiger partial charge in [-0.3, -0.25) is 0 Å². The molecular formula is C12H12F3N3O. The Bertz CT molecular complexity index is 571. The van der Waals surface area contributed by atoms with E-state index in [0.29, 0.717) is 30.7 Å². The third-order valence-corrected chi connectivity index (χ3v) is 2.49. The maximum atomic E-state index is 13.3. The number of rotatable bonds is 5. The number of benzene rings is 1. The molecule has 0 saturated heterocycles. The first kappa shape index (κ1) is 13.5. The smallest absolute Gasteiger partial charge is 0.227 e. The standard InChI is InChI=1S/C12H12F3N3O/c1-7-17-12(19-18-7)2-3-16-6-8-4-10(14)11(15)5-9(8)13/h4-5,16H,2-3,6H2,1H3. The highest BCUT2D eigenvalue weighted by Crippen LogP contribution is 2.13. The second-order valence-electron chi connectivity index (χ2n) is 4.02. The monoisotopic (exact) mass is 271 g/mol. The van der Waals surface area contributed by atoms with Crippen molar-refractivity contribution in [3.63, 3.8) is 0 Å². The SMILES string of the molecule is Cc1noc(CCNCc2cc(F)c(F)cc2F)n1. The van der Waals surface area contributed by atoms with Gasteiger partial charge in [-0.25, -0.2) is 13.2 Å². The zero-order chi connectivity index (χ0) is 13.8. The molecule has 0 fully saturated rings. The summed E-state index contributed by atoms with van der Waals surface area (Å²) in [6.45, 7) is 2.26. The molecule has 0 saturated carbocycles. The van der Waals surface area contributed by atoms with Crippen LogP contribution in [0.3, 0.4) is 0 Å². The fourth-order valence-electron chi connectivity index (χ4n) is 1.56. The van der Waals surface area contributed by atoms with E-state index in [4.69, 9.17) is 4.52 Å². The number of hydrogen-bond acceptors (Lipinski definition) is 4. The molecule has 7 heteroatoms. The lowest BCUT2D eigenvalue weighted by molar-refractivity contribution is 0.372. The molecule has 2 rings (SSSR count). The average Bonchev–Trinajstić information content (AvgIpc) is 2.77. The Morgan fingerprint density at radius 2 is 1.89 bits per heavy atom. The Balaban J connectivity index is 1.84. The number of halogens is 3. The molecule has 4 nitrogen and oxygen atoms in total. The summed E-state index contributed by atoms with van der Waals surface area (Å²) in [4.78, 5) is 4.00. The van der Waals surface area contributed by atoms with E-state index in [1.807, 2.05) is 0 Å². The quantitative estimate of drug-likeness (QED) is 0.668. The van der Waals surface area contributed by atoms with Crippen molar-refractivity contribution in [2.75, 3.05) is 6.54 Å².